The minimum atomic E-state index is -0.494. The maximum Gasteiger partial charge on any atom is 0.407 e. The summed E-state index contributed by atoms with van der Waals surface area (Å²) in [6, 6.07) is 4.39. The number of amides is 1. The summed E-state index contributed by atoms with van der Waals surface area (Å²) in [4.78, 5) is 18.7. The lowest BCUT2D eigenvalue weighted by atomic mass is 10.2. The molecule has 0 saturated carbocycles. The van der Waals surface area contributed by atoms with Gasteiger partial charge in [0, 0.05) is 13.1 Å². The minimum absolute atomic E-state index is 0.302. The molecule has 1 heterocycles. The van der Waals surface area contributed by atoms with Crippen LogP contribution in [0.5, 0.6) is 0 Å². The molecular weight excluding hydrogens is 287 g/mol. The lowest BCUT2D eigenvalue weighted by molar-refractivity contribution is 0.0528. The Balaban J connectivity index is 1.71. The van der Waals surface area contributed by atoms with Gasteiger partial charge in [0.1, 0.15) is 11.4 Å². The molecule has 0 atom stereocenters. The molecule has 22 heavy (non-hydrogen) atoms. The van der Waals surface area contributed by atoms with E-state index in [2.05, 4.69) is 20.6 Å². The summed E-state index contributed by atoms with van der Waals surface area (Å²) in [6.07, 6.45) is 0.289. The Kier molecular flexibility index (Phi) is 4.85. The number of ether oxygens (including phenoxy) is 1. The zero-order chi connectivity index (χ0) is 16.2. The molecule has 0 radical (unpaired) electrons. The van der Waals surface area contributed by atoms with Crippen LogP contribution >= 0.6 is 0 Å². The highest BCUT2D eigenvalue weighted by Gasteiger charge is 2.15. The molecule has 2 aromatic rings. The lowest BCUT2D eigenvalue weighted by Gasteiger charge is -2.19. The molecule has 0 bridgehead atoms. The van der Waals surface area contributed by atoms with Crippen LogP contribution in [-0.4, -0.2) is 34.8 Å². The third-order valence-corrected chi connectivity index (χ3v) is 2.76. The van der Waals surface area contributed by atoms with E-state index >= 15 is 0 Å². The smallest absolute Gasteiger partial charge is 0.407 e. The molecule has 7 heteroatoms. The maximum atomic E-state index is 13.1. The number of nitrogens with one attached hydrogen (secondary N) is 3. The number of anilines is 1. The van der Waals surface area contributed by atoms with E-state index in [0.717, 1.165) is 0 Å². The van der Waals surface area contributed by atoms with Crippen molar-refractivity contribution in [3.8, 4) is 0 Å². The Morgan fingerprint density at radius 1 is 1.36 bits per heavy atom. The van der Waals surface area contributed by atoms with Crippen molar-refractivity contribution in [2.75, 3.05) is 18.4 Å². The number of hydrogen-bond acceptors (Lipinski definition) is 4. The molecule has 1 aromatic carbocycles. The van der Waals surface area contributed by atoms with Crippen molar-refractivity contribution in [1.82, 2.24) is 15.3 Å². The van der Waals surface area contributed by atoms with E-state index in [-0.39, 0.29) is 5.82 Å². The van der Waals surface area contributed by atoms with Crippen LogP contribution < -0.4 is 10.6 Å². The first-order valence-corrected chi connectivity index (χ1v) is 7.19. The first-order chi connectivity index (χ1) is 10.3. The van der Waals surface area contributed by atoms with Crippen LogP contribution in [0.15, 0.2) is 18.2 Å². The molecule has 0 aliphatic carbocycles. The summed E-state index contributed by atoms with van der Waals surface area (Å²) in [5, 5.41) is 5.77. The number of nitrogens with zero attached hydrogens (tertiary/aromatic N) is 1. The number of aromatic nitrogens is 2. The Morgan fingerprint density at radius 3 is 2.86 bits per heavy atom. The average molecular weight is 308 g/mol. The van der Waals surface area contributed by atoms with Crippen LogP contribution in [0.1, 0.15) is 27.2 Å². The Morgan fingerprint density at radius 2 is 2.14 bits per heavy atom. The number of aromatic amines is 1. The van der Waals surface area contributed by atoms with Crippen molar-refractivity contribution in [2.45, 2.75) is 32.8 Å². The highest BCUT2D eigenvalue weighted by atomic mass is 19.1. The second kappa shape index (κ2) is 6.64. The molecule has 0 saturated heterocycles. The predicted molar refractivity (Wildman–Crippen MR) is 83.4 cm³/mol. The summed E-state index contributed by atoms with van der Waals surface area (Å²) in [6.45, 7) is 6.57. The molecular formula is C15H21FN4O2. The van der Waals surface area contributed by atoms with E-state index < -0.39 is 11.7 Å². The van der Waals surface area contributed by atoms with Gasteiger partial charge in [-0.05, 0) is 45.4 Å². The number of imidazole rings is 1. The summed E-state index contributed by atoms with van der Waals surface area (Å²) < 4.78 is 18.2. The van der Waals surface area contributed by atoms with Crippen LogP contribution in [0.25, 0.3) is 11.0 Å². The van der Waals surface area contributed by atoms with E-state index in [9.17, 15) is 9.18 Å². The molecule has 1 amide bonds. The number of carbonyl (C=O) groups is 1. The Labute approximate surface area is 128 Å². The molecule has 120 valence electrons. The summed E-state index contributed by atoms with van der Waals surface area (Å²) >= 11 is 0. The van der Waals surface area contributed by atoms with Gasteiger partial charge in [0.05, 0.1) is 11.0 Å². The lowest BCUT2D eigenvalue weighted by Crippen LogP contribution is -2.33. The quantitative estimate of drug-likeness (QED) is 0.742. The van der Waals surface area contributed by atoms with E-state index in [1.807, 2.05) is 20.8 Å². The second-order valence-corrected chi connectivity index (χ2v) is 5.96. The minimum Gasteiger partial charge on any atom is -0.444 e. The fourth-order valence-corrected chi connectivity index (χ4v) is 1.87. The van der Waals surface area contributed by atoms with E-state index in [0.29, 0.717) is 36.5 Å². The largest absolute Gasteiger partial charge is 0.444 e. The van der Waals surface area contributed by atoms with E-state index in [1.54, 1.807) is 6.07 Å². The molecule has 0 aliphatic heterocycles. The van der Waals surface area contributed by atoms with Crippen LogP contribution in [-0.2, 0) is 4.74 Å². The normalized spacial score (nSPS) is 11.5. The summed E-state index contributed by atoms with van der Waals surface area (Å²) in [5.74, 6) is 0.280. The number of fused-ring (bicyclic) bond motifs is 1. The molecule has 2 rings (SSSR count). The third-order valence-electron chi connectivity index (χ3n) is 2.76. The SMILES string of the molecule is CC(C)(C)OC(=O)NCCCNc1nc2ccc(F)cc2[nH]1. The van der Waals surface area contributed by atoms with Gasteiger partial charge in [0.2, 0.25) is 5.95 Å². The van der Waals surface area contributed by atoms with E-state index in [1.165, 1.54) is 12.1 Å². The highest BCUT2D eigenvalue weighted by molar-refractivity contribution is 5.77. The number of benzene rings is 1. The fourth-order valence-electron chi connectivity index (χ4n) is 1.87. The van der Waals surface area contributed by atoms with Crippen molar-refractivity contribution in [2.24, 2.45) is 0 Å². The van der Waals surface area contributed by atoms with Crippen molar-refractivity contribution < 1.29 is 13.9 Å². The van der Waals surface area contributed by atoms with Crippen LogP contribution in [0.2, 0.25) is 0 Å². The zero-order valence-electron chi connectivity index (χ0n) is 13.0. The Bertz CT molecular complexity index is 649. The number of H-pyrrole nitrogens is 1. The molecule has 1 aromatic heterocycles. The first kappa shape index (κ1) is 16.1. The number of carbonyl (C=O) groups excluding carboxylic acids is 1. The number of hydrogen-bond donors (Lipinski definition) is 3. The van der Waals surface area contributed by atoms with Crippen molar-refractivity contribution in [3.63, 3.8) is 0 Å². The van der Waals surface area contributed by atoms with Crippen molar-refractivity contribution in [1.29, 1.82) is 0 Å². The van der Waals surface area contributed by atoms with Gasteiger partial charge in [0.15, 0.2) is 0 Å². The number of rotatable bonds is 5. The topological polar surface area (TPSA) is 79.0 Å². The molecule has 6 nitrogen and oxygen atoms in total. The predicted octanol–water partition coefficient (Wildman–Crippen LogP) is 3.03. The van der Waals surface area contributed by atoms with Gasteiger partial charge in [0.25, 0.3) is 0 Å². The van der Waals surface area contributed by atoms with E-state index in [4.69, 9.17) is 4.74 Å². The van der Waals surface area contributed by atoms with Crippen molar-refractivity contribution >= 4 is 23.1 Å². The van der Waals surface area contributed by atoms with Crippen LogP contribution in [0.3, 0.4) is 0 Å². The number of halogens is 1. The van der Waals surface area contributed by atoms with Crippen molar-refractivity contribution in [3.05, 3.63) is 24.0 Å². The first-order valence-electron chi connectivity index (χ1n) is 7.19. The third kappa shape index (κ3) is 4.91. The zero-order valence-corrected chi connectivity index (χ0v) is 13.0. The standard InChI is InChI=1S/C15H21FN4O2/c1-15(2,3)22-14(21)18-8-4-7-17-13-19-11-6-5-10(16)9-12(11)20-13/h5-6,9H,4,7-8H2,1-3H3,(H,18,21)(H2,17,19,20). The molecule has 3 N–H and O–H groups in total. The van der Waals surface area contributed by atoms with Gasteiger partial charge < -0.3 is 20.4 Å². The molecule has 0 spiro atoms. The molecule has 0 unspecified atom stereocenters. The van der Waals surface area contributed by atoms with Gasteiger partial charge in [-0.15, -0.1) is 0 Å². The van der Waals surface area contributed by atoms with Gasteiger partial charge in [-0.2, -0.15) is 0 Å². The average Bonchev–Trinajstić information content (AvgIpc) is 2.78. The Hall–Kier alpha value is -2.31. The van der Waals surface area contributed by atoms with Gasteiger partial charge in [-0.1, -0.05) is 0 Å². The van der Waals surface area contributed by atoms with Gasteiger partial charge in [-0.25, -0.2) is 14.2 Å². The fraction of sp³-hybridized carbons (Fsp3) is 0.467. The van der Waals surface area contributed by atoms with Gasteiger partial charge >= 0.3 is 6.09 Å². The highest BCUT2D eigenvalue weighted by Crippen LogP contribution is 2.15. The monoisotopic (exact) mass is 308 g/mol. The number of alkyl carbamates (subject to hydrolysis) is 1. The second-order valence-electron chi connectivity index (χ2n) is 5.96. The summed E-state index contributed by atoms with van der Waals surface area (Å²) in [7, 11) is 0. The van der Waals surface area contributed by atoms with Crippen LogP contribution in [0, 0.1) is 5.82 Å². The van der Waals surface area contributed by atoms with Crippen LogP contribution in [0.4, 0.5) is 15.1 Å². The molecule has 0 fully saturated rings. The van der Waals surface area contributed by atoms with Gasteiger partial charge in [-0.3, -0.25) is 0 Å². The molecule has 0 aliphatic rings. The summed E-state index contributed by atoms with van der Waals surface area (Å²) in [5.41, 5.74) is 0.858. The maximum absolute atomic E-state index is 13.1.